The highest BCUT2D eigenvalue weighted by atomic mass is 35.5. The molecular formula is C26H30ClN7O2. The van der Waals surface area contributed by atoms with E-state index in [1.54, 1.807) is 20.5 Å². The molecule has 2 aromatic heterocycles. The van der Waals surface area contributed by atoms with Gasteiger partial charge in [0.25, 0.3) is 0 Å². The molecule has 1 aliphatic heterocycles. The normalized spacial score (nSPS) is 21.4. The molecular weight excluding hydrogens is 478 g/mol. The largest absolute Gasteiger partial charge is 0.444 e. The van der Waals surface area contributed by atoms with Crippen molar-refractivity contribution in [3.63, 3.8) is 0 Å². The van der Waals surface area contributed by atoms with Gasteiger partial charge in [0.15, 0.2) is 0 Å². The fourth-order valence-corrected chi connectivity index (χ4v) is 5.47. The molecule has 1 aliphatic carbocycles. The molecule has 1 saturated carbocycles. The lowest BCUT2D eigenvalue weighted by Crippen LogP contribution is -2.43. The maximum atomic E-state index is 12.5. The Balaban J connectivity index is 1.30. The second-order valence-corrected chi connectivity index (χ2v) is 11.3. The Morgan fingerprint density at radius 2 is 2.08 bits per heavy atom. The number of amides is 1. The van der Waals surface area contributed by atoms with E-state index in [0.717, 1.165) is 30.4 Å². The molecule has 0 atom stereocenters. The molecule has 2 N–H and O–H groups in total. The van der Waals surface area contributed by atoms with Crippen molar-refractivity contribution in [3.8, 4) is 17.3 Å². The van der Waals surface area contributed by atoms with E-state index in [2.05, 4.69) is 11.2 Å². The van der Waals surface area contributed by atoms with Crippen LogP contribution in [0.5, 0.6) is 0 Å². The van der Waals surface area contributed by atoms with Gasteiger partial charge in [-0.1, -0.05) is 29.8 Å². The molecule has 1 spiro atoms. The topological polar surface area (TPSA) is 115 Å². The summed E-state index contributed by atoms with van der Waals surface area (Å²) in [6, 6.07) is 9.93. The van der Waals surface area contributed by atoms with Crippen LogP contribution in [0.25, 0.3) is 11.3 Å². The van der Waals surface area contributed by atoms with E-state index in [1.807, 2.05) is 51.2 Å². The van der Waals surface area contributed by atoms with E-state index in [0.29, 0.717) is 41.7 Å². The summed E-state index contributed by atoms with van der Waals surface area (Å²) in [5.74, 6) is 0.369. The summed E-state index contributed by atoms with van der Waals surface area (Å²) in [4.78, 5) is 14.3. The van der Waals surface area contributed by atoms with Gasteiger partial charge in [-0.05, 0) is 57.1 Å². The number of nitrogens with two attached hydrogens (primary N) is 1. The quantitative estimate of drug-likeness (QED) is 0.539. The monoisotopic (exact) mass is 507 g/mol. The Bertz CT molecular complexity index is 1340. The number of anilines is 1. The van der Waals surface area contributed by atoms with Crippen LogP contribution in [0, 0.1) is 16.7 Å². The van der Waals surface area contributed by atoms with Crippen LogP contribution in [0.2, 0.25) is 5.02 Å². The van der Waals surface area contributed by atoms with Crippen molar-refractivity contribution in [2.24, 2.45) is 5.41 Å². The van der Waals surface area contributed by atoms with E-state index in [4.69, 9.17) is 27.2 Å². The molecule has 0 unspecified atom stereocenters. The highest BCUT2D eigenvalue weighted by Gasteiger charge is 2.51. The van der Waals surface area contributed by atoms with Crippen LogP contribution in [0.15, 0.2) is 36.7 Å². The Morgan fingerprint density at radius 1 is 1.33 bits per heavy atom. The molecule has 0 radical (unpaired) electrons. The van der Waals surface area contributed by atoms with Crippen LogP contribution in [0.4, 0.5) is 10.6 Å². The minimum absolute atomic E-state index is 0.0484. The molecule has 1 amide bonds. The summed E-state index contributed by atoms with van der Waals surface area (Å²) in [7, 11) is 0. The van der Waals surface area contributed by atoms with E-state index < -0.39 is 5.60 Å². The zero-order valence-corrected chi connectivity index (χ0v) is 21.5. The molecule has 2 aliphatic rings. The van der Waals surface area contributed by atoms with Gasteiger partial charge in [0.05, 0.1) is 18.8 Å². The van der Waals surface area contributed by atoms with Gasteiger partial charge in [-0.2, -0.15) is 15.5 Å². The Kier molecular flexibility index (Phi) is 5.95. The van der Waals surface area contributed by atoms with Crippen LogP contribution < -0.4 is 5.73 Å². The van der Waals surface area contributed by atoms with Gasteiger partial charge in [-0.3, -0.25) is 4.68 Å². The lowest BCUT2D eigenvalue weighted by atomic mass is 9.65. The lowest BCUT2D eigenvalue weighted by molar-refractivity contribution is 0.0188. The molecule has 5 rings (SSSR count). The standard InChI is InChI=1S/C26H30ClN7O2/c1-25(2,3)36-24(35)32-9-8-26(16-32)10-19(11-26)34-23(29)20(12-28)22(31-34)18-13-30-33(15-18)14-17-6-4-5-7-21(17)27/h4-7,13,15,19H,8-11,14,16,29H2,1-3H3. The van der Waals surface area contributed by atoms with Crippen molar-refractivity contribution in [1.29, 1.82) is 5.26 Å². The van der Waals surface area contributed by atoms with Gasteiger partial charge in [-0.15, -0.1) is 0 Å². The number of carbonyl (C=O) groups is 1. The highest BCUT2D eigenvalue weighted by Crippen LogP contribution is 2.54. The molecule has 1 saturated heterocycles. The third-order valence-corrected chi connectivity index (χ3v) is 7.40. The van der Waals surface area contributed by atoms with Gasteiger partial charge >= 0.3 is 6.09 Å². The fraction of sp³-hybridized carbons (Fsp3) is 0.462. The van der Waals surface area contributed by atoms with Crippen molar-refractivity contribution in [2.45, 2.75) is 58.2 Å². The fourth-order valence-electron chi connectivity index (χ4n) is 5.28. The minimum Gasteiger partial charge on any atom is -0.444 e. The first-order valence-corrected chi connectivity index (χ1v) is 12.5. The summed E-state index contributed by atoms with van der Waals surface area (Å²) >= 11 is 6.29. The van der Waals surface area contributed by atoms with E-state index in [1.165, 1.54) is 0 Å². The predicted octanol–water partition coefficient (Wildman–Crippen LogP) is 4.86. The molecule has 3 heterocycles. The molecule has 10 heteroatoms. The summed E-state index contributed by atoms with van der Waals surface area (Å²) < 4.78 is 9.09. The summed E-state index contributed by atoms with van der Waals surface area (Å²) in [5, 5.41) is 19.7. The average Bonchev–Trinajstić information content (AvgIpc) is 3.50. The molecule has 2 fully saturated rings. The van der Waals surface area contributed by atoms with Crippen LogP contribution in [-0.2, 0) is 11.3 Å². The number of aromatic nitrogens is 4. The first kappa shape index (κ1) is 24.2. The zero-order valence-electron chi connectivity index (χ0n) is 20.7. The summed E-state index contributed by atoms with van der Waals surface area (Å²) in [6.07, 6.45) is 5.93. The molecule has 3 aromatic rings. The van der Waals surface area contributed by atoms with Gasteiger partial charge in [-0.25, -0.2) is 9.48 Å². The van der Waals surface area contributed by atoms with E-state index in [9.17, 15) is 10.1 Å². The summed E-state index contributed by atoms with van der Waals surface area (Å²) in [5.41, 5.74) is 8.51. The summed E-state index contributed by atoms with van der Waals surface area (Å²) in [6.45, 7) is 7.50. The minimum atomic E-state index is -0.510. The van der Waals surface area contributed by atoms with Crippen molar-refractivity contribution < 1.29 is 9.53 Å². The first-order valence-electron chi connectivity index (χ1n) is 12.1. The Hall–Kier alpha value is -3.51. The van der Waals surface area contributed by atoms with Crippen LogP contribution in [-0.4, -0.2) is 49.2 Å². The number of rotatable bonds is 4. The molecule has 0 bridgehead atoms. The van der Waals surface area contributed by atoms with Crippen molar-refractivity contribution >= 4 is 23.5 Å². The SMILES string of the molecule is CC(C)(C)OC(=O)N1CCC2(CC(n3nc(-c4cnn(Cc5ccccc5Cl)c4)c(C#N)c3N)C2)C1. The van der Waals surface area contributed by atoms with Gasteiger partial charge < -0.3 is 15.4 Å². The second kappa shape index (κ2) is 8.86. The smallest absolute Gasteiger partial charge is 0.410 e. The molecule has 36 heavy (non-hydrogen) atoms. The van der Waals surface area contributed by atoms with Crippen LogP contribution in [0.3, 0.4) is 0 Å². The number of nitrogen functional groups attached to an aromatic ring is 1. The predicted molar refractivity (Wildman–Crippen MR) is 136 cm³/mol. The van der Waals surface area contributed by atoms with E-state index >= 15 is 0 Å². The number of ether oxygens (including phenoxy) is 1. The second-order valence-electron chi connectivity index (χ2n) is 10.9. The number of likely N-dealkylation sites (tertiary alicyclic amines) is 1. The lowest BCUT2D eigenvalue weighted by Gasteiger charge is -2.45. The first-order chi connectivity index (χ1) is 17.1. The zero-order chi connectivity index (χ0) is 25.7. The molecule has 1 aromatic carbocycles. The van der Waals surface area contributed by atoms with Crippen molar-refractivity contribution in [3.05, 3.63) is 52.8 Å². The number of halogens is 1. The van der Waals surface area contributed by atoms with Gasteiger partial charge in [0, 0.05) is 29.9 Å². The third-order valence-electron chi connectivity index (χ3n) is 7.03. The van der Waals surface area contributed by atoms with Gasteiger partial charge in [0.2, 0.25) is 0 Å². The number of benzene rings is 1. The highest BCUT2D eigenvalue weighted by molar-refractivity contribution is 6.31. The van der Waals surface area contributed by atoms with Crippen LogP contribution in [0.1, 0.15) is 57.2 Å². The number of hydrogen-bond acceptors (Lipinski definition) is 6. The molecule has 9 nitrogen and oxygen atoms in total. The molecule has 188 valence electrons. The Morgan fingerprint density at radius 3 is 2.78 bits per heavy atom. The van der Waals surface area contributed by atoms with E-state index in [-0.39, 0.29) is 17.6 Å². The Labute approximate surface area is 215 Å². The number of nitriles is 1. The maximum absolute atomic E-state index is 12.5. The maximum Gasteiger partial charge on any atom is 0.410 e. The van der Waals surface area contributed by atoms with Crippen molar-refractivity contribution in [1.82, 2.24) is 24.5 Å². The van der Waals surface area contributed by atoms with Crippen LogP contribution >= 0.6 is 11.6 Å². The van der Waals surface area contributed by atoms with Crippen molar-refractivity contribution in [2.75, 3.05) is 18.8 Å². The number of nitrogens with zero attached hydrogens (tertiary/aromatic N) is 6. The number of hydrogen-bond donors (Lipinski definition) is 1. The third kappa shape index (κ3) is 4.53. The van der Waals surface area contributed by atoms with Gasteiger partial charge in [0.1, 0.15) is 28.7 Å². The average molecular weight is 508 g/mol. The number of carbonyl (C=O) groups excluding carboxylic acids is 1.